The molecule has 3 aliphatic rings. The largest absolute Gasteiger partial charge is 0.307 e. The van der Waals surface area contributed by atoms with Crippen LogP contribution in [-0.4, -0.2) is 11.3 Å². The number of ketones is 1. The van der Waals surface area contributed by atoms with Gasteiger partial charge in [0.1, 0.15) is 5.78 Å². The first kappa shape index (κ1) is 16.0. The van der Waals surface area contributed by atoms with E-state index in [0.29, 0.717) is 12.2 Å². The SMILES string of the molecule is O=C1CC2(NCc3ccccc3)CCC1(c1ccc(Br)cc1)CC2. The zero-order chi connectivity index (χ0) is 16.6. The lowest BCUT2D eigenvalue weighted by atomic mass is 9.54. The highest BCUT2D eigenvalue weighted by Gasteiger charge is 2.54. The number of nitrogens with one attached hydrogen (secondary N) is 1. The number of hydrogen-bond donors (Lipinski definition) is 1. The van der Waals surface area contributed by atoms with Crippen molar-refractivity contribution in [3.05, 3.63) is 70.2 Å². The summed E-state index contributed by atoms with van der Waals surface area (Å²) in [6.45, 7) is 0.847. The minimum absolute atomic E-state index is 0.00401. The molecule has 0 atom stereocenters. The first-order valence-electron chi connectivity index (χ1n) is 8.70. The summed E-state index contributed by atoms with van der Waals surface area (Å²) in [6.07, 6.45) is 4.77. The van der Waals surface area contributed by atoms with Crippen molar-refractivity contribution in [2.24, 2.45) is 0 Å². The van der Waals surface area contributed by atoms with Crippen LogP contribution in [0.15, 0.2) is 59.1 Å². The monoisotopic (exact) mass is 383 g/mol. The molecule has 2 bridgehead atoms. The summed E-state index contributed by atoms with van der Waals surface area (Å²) in [5.41, 5.74) is 2.25. The van der Waals surface area contributed by atoms with Gasteiger partial charge >= 0.3 is 0 Å². The van der Waals surface area contributed by atoms with Gasteiger partial charge in [-0.25, -0.2) is 0 Å². The van der Waals surface area contributed by atoms with Crippen molar-refractivity contribution in [3.63, 3.8) is 0 Å². The molecule has 3 fully saturated rings. The number of carbonyl (C=O) groups is 1. The van der Waals surface area contributed by atoms with Gasteiger partial charge in [-0.15, -0.1) is 0 Å². The van der Waals surface area contributed by atoms with Crippen LogP contribution in [0, 0.1) is 0 Å². The molecule has 0 unspecified atom stereocenters. The molecule has 24 heavy (non-hydrogen) atoms. The van der Waals surface area contributed by atoms with Crippen LogP contribution in [-0.2, 0) is 16.8 Å². The van der Waals surface area contributed by atoms with Crippen molar-refractivity contribution in [2.75, 3.05) is 0 Å². The summed E-state index contributed by atoms with van der Waals surface area (Å²) >= 11 is 3.49. The first-order chi connectivity index (χ1) is 11.6. The van der Waals surface area contributed by atoms with Crippen molar-refractivity contribution in [1.29, 1.82) is 0 Å². The predicted molar refractivity (Wildman–Crippen MR) is 99.9 cm³/mol. The smallest absolute Gasteiger partial charge is 0.145 e. The van der Waals surface area contributed by atoms with Gasteiger partial charge in [0.2, 0.25) is 0 Å². The molecular weight excluding hydrogens is 362 g/mol. The lowest BCUT2D eigenvalue weighted by molar-refractivity contribution is -0.133. The minimum Gasteiger partial charge on any atom is -0.307 e. The third-order valence-electron chi connectivity index (χ3n) is 6.00. The Balaban J connectivity index is 1.51. The summed E-state index contributed by atoms with van der Waals surface area (Å²) in [4.78, 5) is 13.0. The Morgan fingerprint density at radius 3 is 2.21 bits per heavy atom. The highest BCUT2D eigenvalue weighted by atomic mass is 79.9. The quantitative estimate of drug-likeness (QED) is 0.824. The van der Waals surface area contributed by atoms with E-state index in [1.54, 1.807) is 0 Å². The molecule has 0 saturated heterocycles. The van der Waals surface area contributed by atoms with Gasteiger partial charge in [-0.1, -0.05) is 58.4 Å². The first-order valence-corrected chi connectivity index (χ1v) is 9.50. The second kappa shape index (κ2) is 6.12. The zero-order valence-corrected chi connectivity index (χ0v) is 15.3. The van der Waals surface area contributed by atoms with Crippen LogP contribution in [0.2, 0.25) is 0 Å². The van der Waals surface area contributed by atoms with Gasteiger partial charge in [-0.05, 0) is 48.9 Å². The molecule has 0 aliphatic heterocycles. The van der Waals surface area contributed by atoms with Crippen LogP contribution >= 0.6 is 15.9 Å². The van der Waals surface area contributed by atoms with Crippen LogP contribution < -0.4 is 5.32 Å². The van der Waals surface area contributed by atoms with E-state index in [2.05, 4.69) is 69.8 Å². The number of halogens is 1. The van der Waals surface area contributed by atoms with Crippen molar-refractivity contribution in [3.8, 4) is 0 Å². The summed E-state index contributed by atoms with van der Waals surface area (Å²) < 4.78 is 1.07. The van der Waals surface area contributed by atoms with E-state index in [4.69, 9.17) is 0 Å². The average molecular weight is 384 g/mol. The second-order valence-electron chi connectivity index (χ2n) is 7.31. The van der Waals surface area contributed by atoms with Gasteiger partial charge in [0, 0.05) is 23.0 Å². The number of fused-ring (bicyclic) bond motifs is 3. The van der Waals surface area contributed by atoms with Crippen LogP contribution in [0.3, 0.4) is 0 Å². The minimum atomic E-state index is -0.239. The maximum absolute atomic E-state index is 13.0. The Hall–Kier alpha value is -1.45. The molecule has 0 radical (unpaired) electrons. The Labute approximate surface area is 151 Å². The van der Waals surface area contributed by atoms with E-state index in [0.717, 1.165) is 36.7 Å². The fraction of sp³-hybridized carbons (Fsp3) is 0.381. The van der Waals surface area contributed by atoms with E-state index in [1.807, 2.05) is 6.07 Å². The fourth-order valence-electron chi connectivity index (χ4n) is 4.43. The topological polar surface area (TPSA) is 29.1 Å². The molecule has 3 aliphatic carbocycles. The molecule has 2 aromatic rings. The maximum atomic E-state index is 13.0. The van der Waals surface area contributed by atoms with Crippen molar-refractivity contribution >= 4 is 21.7 Å². The molecule has 3 heteroatoms. The molecule has 124 valence electrons. The average Bonchev–Trinajstić information content (AvgIpc) is 2.63. The number of carbonyl (C=O) groups excluding carboxylic acids is 1. The summed E-state index contributed by atoms with van der Waals surface area (Å²) in [6, 6.07) is 18.8. The number of rotatable bonds is 4. The summed E-state index contributed by atoms with van der Waals surface area (Å²) in [5.74, 6) is 0.419. The van der Waals surface area contributed by atoms with Crippen LogP contribution in [0.4, 0.5) is 0 Å². The molecule has 2 nitrogen and oxygen atoms in total. The van der Waals surface area contributed by atoms with Crippen molar-refractivity contribution in [2.45, 2.75) is 49.6 Å². The molecule has 5 rings (SSSR count). The zero-order valence-electron chi connectivity index (χ0n) is 13.7. The molecule has 0 aromatic heterocycles. The highest BCUT2D eigenvalue weighted by molar-refractivity contribution is 9.10. The summed E-state index contributed by atoms with van der Waals surface area (Å²) in [7, 11) is 0. The molecular formula is C21H22BrNO. The number of hydrogen-bond acceptors (Lipinski definition) is 2. The summed E-state index contributed by atoms with van der Waals surface area (Å²) in [5, 5.41) is 3.72. The van der Waals surface area contributed by atoms with E-state index in [1.165, 1.54) is 11.1 Å². The van der Waals surface area contributed by atoms with Gasteiger partial charge in [-0.3, -0.25) is 4.79 Å². The predicted octanol–water partition coefficient (Wildman–Crippen LogP) is 4.76. The molecule has 0 heterocycles. The lowest BCUT2D eigenvalue weighted by Gasteiger charge is -2.53. The Kier molecular flexibility index (Phi) is 4.09. The normalized spacial score (nSPS) is 29.0. The third-order valence-corrected chi connectivity index (χ3v) is 6.53. The Morgan fingerprint density at radius 1 is 0.917 bits per heavy atom. The molecule has 2 aromatic carbocycles. The van der Waals surface area contributed by atoms with Gasteiger partial charge in [0.15, 0.2) is 0 Å². The van der Waals surface area contributed by atoms with E-state index < -0.39 is 0 Å². The van der Waals surface area contributed by atoms with Crippen molar-refractivity contribution < 1.29 is 4.79 Å². The van der Waals surface area contributed by atoms with E-state index in [-0.39, 0.29) is 11.0 Å². The van der Waals surface area contributed by atoms with Gasteiger partial charge in [0.25, 0.3) is 0 Å². The second-order valence-corrected chi connectivity index (χ2v) is 8.22. The highest BCUT2D eigenvalue weighted by Crippen LogP contribution is 2.51. The molecule has 3 saturated carbocycles. The van der Waals surface area contributed by atoms with Gasteiger partial charge in [-0.2, -0.15) is 0 Å². The van der Waals surface area contributed by atoms with E-state index in [9.17, 15) is 4.79 Å². The van der Waals surface area contributed by atoms with Crippen LogP contribution in [0.5, 0.6) is 0 Å². The van der Waals surface area contributed by atoms with Gasteiger partial charge in [0.05, 0.1) is 5.41 Å². The van der Waals surface area contributed by atoms with Crippen molar-refractivity contribution in [1.82, 2.24) is 5.32 Å². The third kappa shape index (κ3) is 2.74. The van der Waals surface area contributed by atoms with Gasteiger partial charge < -0.3 is 5.32 Å². The van der Waals surface area contributed by atoms with Crippen LogP contribution in [0.25, 0.3) is 0 Å². The maximum Gasteiger partial charge on any atom is 0.145 e. The standard InChI is InChI=1S/C21H22BrNO/c22-18-8-6-17(7-9-18)21-12-10-20(11-13-21,14-19(21)24)23-15-16-4-2-1-3-5-16/h1-9,23H,10-15H2. The number of benzene rings is 2. The van der Waals surface area contributed by atoms with Crippen LogP contribution in [0.1, 0.15) is 43.2 Å². The fourth-order valence-corrected chi connectivity index (χ4v) is 4.70. The lowest BCUT2D eigenvalue weighted by Crippen LogP contribution is -2.60. The molecule has 1 N–H and O–H groups in total. The van der Waals surface area contributed by atoms with E-state index >= 15 is 0 Å². The Bertz CT molecular complexity index is 730. The molecule has 0 spiro atoms. The molecule has 0 amide bonds. The number of Topliss-reactive ketones (excluding diaryl/α,β-unsaturated/α-hetero) is 1. The Morgan fingerprint density at radius 2 is 1.58 bits per heavy atom.